The molecule has 0 aliphatic rings. The summed E-state index contributed by atoms with van der Waals surface area (Å²) >= 11 is 0. The maximum atomic E-state index is 11.0. The van der Waals surface area contributed by atoms with E-state index in [1.807, 2.05) is 6.20 Å². The quantitative estimate of drug-likeness (QED) is 0.629. The molecule has 0 bridgehead atoms. The molecule has 1 aromatic heterocycles. The summed E-state index contributed by atoms with van der Waals surface area (Å²) in [5, 5.41) is 14.5. The third-order valence-corrected chi connectivity index (χ3v) is 4.71. The largest absolute Gasteiger partial charge is 0.507 e. The zero-order valence-corrected chi connectivity index (χ0v) is 18.5. The highest BCUT2D eigenvalue weighted by Gasteiger charge is 2.21. The molecule has 0 aliphatic heterocycles. The zero-order chi connectivity index (χ0) is 20.6. The molecule has 0 aliphatic carbocycles. The summed E-state index contributed by atoms with van der Waals surface area (Å²) in [6.07, 6.45) is 1.88. The van der Waals surface area contributed by atoms with Gasteiger partial charge < -0.3 is 10.4 Å². The van der Waals surface area contributed by atoms with Crippen LogP contribution in [0.15, 0.2) is 30.5 Å². The van der Waals surface area contributed by atoms with Gasteiger partial charge in [0.25, 0.3) is 0 Å². The van der Waals surface area contributed by atoms with Gasteiger partial charge in [-0.2, -0.15) is 0 Å². The molecular weight excluding hydrogens is 344 g/mol. The molecule has 3 nitrogen and oxygen atoms in total. The Morgan fingerprint density at radius 1 is 0.893 bits per heavy atom. The number of pyridine rings is 1. The van der Waals surface area contributed by atoms with Crippen LogP contribution in [0.25, 0.3) is 11.1 Å². The minimum atomic E-state index is -0.0136. The molecule has 2 aromatic rings. The highest BCUT2D eigenvalue weighted by molar-refractivity contribution is 5.72. The summed E-state index contributed by atoms with van der Waals surface area (Å²) in [6.45, 7) is 20.1. The molecular formula is C25H40N2O. The molecule has 0 amide bonds. The Morgan fingerprint density at radius 3 is 1.93 bits per heavy atom. The predicted octanol–water partition coefficient (Wildman–Crippen LogP) is 6.57. The highest BCUT2D eigenvalue weighted by Crippen LogP contribution is 2.37. The van der Waals surface area contributed by atoms with Gasteiger partial charge in [-0.1, -0.05) is 61.1 Å². The fraction of sp³-hybridized carbons (Fsp3) is 0.560. The lowest BCUT2D eigenvalue weighted by Crippen LogP contribution is -2.35. The lowest BCUT2D eigenvalue weighted by atomic mass is 9.83. The van der Waals surface area contributed by atoms with Crippen molar-refractivity contribution < 1.29 is 5.11 Å². The minimum absolute atomic E-state index is 0. The standard InChI is InChI=1S/C24H36N2O.CH4/c1-22(2,3)18-12-17(15-26-24(7,8)9)21(27)19(13-18)16-10-11-20(25-14-16)23(4,5)6;/h10-14,26-27H,15H2,1-9H3;1H4. The molecule has 0 spiro atoms. The van der Waals surface area contributed by atoms with Gasteiger partial charge in [-0.05, 0) is 43.9 Å². The number of hydrogen-bond acceptors (Lipinski definition) is 3. The highest BCUT2D eigenvalue weighted by atomic mass is 16.3. The van der Waals surface area contributed by atoms with Crippen molar-refractivity contribution >= 4 is 0 Å². The van der Waals surface area contributed by atoms with E-state index in [1.165, 1.54) is 5.56 Å². The van der Waals surface area contributed by atoms with E-state index in [9.17, 15) is 5.11 Å². The minimum Gasteiger partial charge on any atom is -0.507 e. The lowest BCUT2D eigenvalue weighted by molar-refractivity contribution is 0.411. The molecule has 0 fully saturated rings. The molecule has 0 atom stereocenters. The van der Waals surface area contributed by atoms with Crippen LogP contribution in [-0.2, 0) is 17.4 Å². The van der Waals surface area contributed by atoms with Crippen LogP contribution in [-0.4, -0.2) is 15.6 Å². The molecule has 1 aromatic carbocycles. The molecule has 1 heterocycles. The van der Waals surface area contributed by atoms with Crippen LogP contribution in [0.4, 0.5) is 0 Å². The topological polar surface area (TPSA) is 45.2 Å². The Labute approximate surface area is 172 Å². The Bertz CT molecular complexity index is 786. The van der Waals surface area contributed by atoms with Crippen LogP contribution in [0, 0.1) is 0 Å². The molecule has 0 radical (unpaired) electrons. The average Bonchev–Trinajstić information content (AvgIpc) is 2.51. The summed E-state index contributed by atoms with van der Waals surface area (Å²) in [5.41, 5.74) is 4.97. The first-order valence-corrected chi connectivity index (χ1v) is 9.77. The number of hydrogen-bond donors (Lipinski definition) is 2. The van der Waals surface area contributed by atoms with Gasteiger partial charge in [0.1, 0.15) is 5.75 Å². The second kappa shape index (κ2) is 8.24. The molecule has 0 unspecified atom stereocenters. The lowest BCUT2D eigenvalue weighted by Gasteiger charge is -2.25. The monoisotopic (exact) mass is 384 g/mol. The second-order valence-electron chi connectivity index (χ2n) is 10.6. The number of rotatable bonds is 3. The summed E-state index contributed by atoms with van der Waals surface area (Å²) < 4.78 is 0. The van der Waals surface area contributed by atoms with Gasteiger partial charge in [-0.15, -0.1) is 0 Å². The van der Waals surface area contributed by atoms with Crippen LogP contribution in [0.2, 0.25) is 0 Å². The predicted molar refractivity (Wildman–Crippen MR) is 122 cm³/mol. The van der Waals surface area contributed by atoms with Crippen molar-refractivity contribution in [3.63, 3.8) is 0 Å². The Balaban J connectivity index is 0.00000392. The van der Waals surface area contributed by atoms with Crippen LogP contribution < -0.4 is 5.32 Å². The summed E-state index contributed by atoms with van der Waals surface area (Å²) in [5.74, 6) is 0.338. The average molecular weight is 385 g/mol. The van der Waals surface area contributed by atoms with Gasteiger partial charge in [-0.25, -0.2) is 0 Å². The number of phenolic OH excluding ortho intramolecular Hbond substituents is 1. The second-order valence-corrected chi connectivity index (χ2v) is 10.6. The Morgan fingerprint density at radius 2 is 1.50 bits per heavy atom. The van der Waals surface area contributed by atoms with Crippen LogP contribution in [0.1, 0.15) is 86.6 Å². The van der Waals surface area contributed by atoms with Gasteiger partial charge in [0.15, 0.2) is 0 Å². The van der Waals surface area contributed by atoms with Crippen molar-refractivity contribution in [1.82, 2.24) is 10.3 Å². The molecule has 2 N–H and O–H groups in total. The van der Waals surface area contributed by atoms with Crippen molar-refractivity contribution in [1.29, 1.82) is 0 Å². The molecule has 28 heavy (non-hydrogen) atoms. The normalized spacial score (nSPS) is 12.6. The van der Waals surface area contributed by atoms with E-state index in [2.05, 4.69) is 96.9 Å². The first-order chi connectivity index (χ1) is 12.2. The van der Waals surface area contributed by atoms with Crippen LogP contribution in [0.5, 0.6) is 5.75 Å². The van der Waals surface area contributed by atoms with Crippen LogP contribution >= 0.6 is 0 Å². The van der Waals surface area contributed by atoms with Crippen LogP contribution in [0.3, 0.4) is 0 Å². The van der Waals surface area contributed by atoms with E-state index in [0.29, 0.717) is 12.3 Å². The summed E-state index contributed by atoms with van der Waals surface area (Å²) in [7, 11) is 0. The van der Waals surface area contributed by atoms with Crippen molar-refractivity contribution in [3.05, 3.63) is 47.3 Å². The molecule has 0 saturated carbocycles. The molecule has 3 heteroatoms. The Kier molecular flexibility index (Phi) is 7.12. The van der Waals surface area contributed by atoms with Gasteiger partial charge in [0, 0.05) is 46.1 Å². The van der Waals surface area contributed by atoms with Gasteiger partial charge in [0.05, 0.1) is 0 Å². The van der Waals surface area contributed by atoms with Crippen molar-refractivity contribution in [3.8, 4) is 16.9 Å². The number of nitrogens with zero attached hydrogens (tertiary/aromatic N) is 1. The SMILES string of the molecule is C.CC(C)(C)NCc1cc(C(C)(C)C)cc(-c2ccc(C(C)(C)C)nc2)c1O. The van der Waals surface area contributed by atoms with E-state index in [1.54, 1.807) is 0 Å². The van der Waals surface area contributed by atoms with E-state index >= 15 is 0 Å². The Hall–Kier alpha value is -1.87. The van der Waals surface area contributed by atoms with Crippen molar-refractivity contribution in [2.45, 2.75) is 92.7 Å². The first-order valence-electron chi connectivity index (χ1n) is 9.77. The summed E-state index contributed by atoms with van der Waals surface area (Å²) in [6, 6.07) is 8.35. The van der Waals surface area contributed by atoms with E-state index in [-0.39, 0.29) is 23.8 Å². The third kappa shape index (κ3) is 6.07. The smallest absolute Gasteiger partial charge is 0.127 e. The van der Waals surface area contributed by atoms with Gasteiger partial charge in [-0.3, -0.25) is 4.98 Å². The van der Waals surface area contributed by atoms with E-state index in [4.69, 9.17) is 0 Å². The third-order valence-electron chi connectivity index (χ3n) is 4.71. The summed E-state index contributed by atoms with van der Waals surface area (Å²) in [4.78, 5) is 4.65. The maximum Gasteiger partial charge on any atom is 0.127 e. The number of phenols is 1. The maximum absolute atomic E-state index is 11.0. The van der Waals surface area contributed by atoms with Crippen molar-refractivity contribution in [2.75, 3.05) is 0 Å². The molecule has 0 saturated heterocycles. The number of benzene rings is 1. The van der Waals surface area contributed by atoms with Gasteiger partial charge >= 0.3 is 0 Å². The van der Waals surface area contributed by atoms with E-state index < -0.39 is 0 Å². The number of aromatic hydroxyl groups is 1. The number of nitrogens with one attached hydrogen (secondary N) is 1. The van der Waals surface area contributed by atoms with Crippen molar-refractivity contribution in [2.24, 2.45) is 0 Å². The molecule has 156 valence electrons. The van der Waals surface area contributed by atoms with E-state index in [0.717, 1.165) is 22.4 Å². The molecule has 2 rings (SSSR count). The van der Waals surface area contributed by atoms with Gasteiger partial charge in [0.2, 0.25) is 0 Å². The first kappa shape index (κ1) is 24.2. The number of aromatic nitrogens is 1. The zero-order valence-electron chi connectivity index (χ0n) is 18.5. The fourth-order valence-electron chi connectivity index (χ4n) is 2.84. The fourth-order valence-corrected chi connectivity index (χ4v) is 2.84.